The molecule has 4 nitrogen and oxygen atoms in total. The van der Waals surface area contributed by atoms with Gasteiger partial charge in [-0.05, 0) is 44.5 Å². The van der Waals surface area contributed by atoms with Gasteiger partial charge in [-0.2, -0.15) is 0 Å². The predicted molar refractivity (Wildman–Crippen MR) is 70.6 cm³/mol. The molecular formula is C14H20N2O2. The van der Waals surface area contributed by atoms with Crippen LogP contribution in [0.25, 0.3) is 0 Å². The molecule has 0 radical (unpaired) electrons. The quantitative estimate of drug-likeness (QED) is 0.850. The van der Waals surface area contributed by atoms with Gasteiger partial charge < -0.3 is 10.1 Å². The molecule has 1 heterocycles. The summed E-state index contributed by atoms with van der Waals surface area (Å²) >= 11 is 0. The molecular weight excluding hydrogens is 228 g/mol. The molecule has 0 spiro atoms. The van der Waals surface area contributed by atoms with Gasteiger partial charge in [0.15, 0.2) is 0 Å². The lowest BCUT2D eigenvalue weighted by Gasteiger charge is -2.28. The Morgan fingerprint density at radius 3 is 3.00 bits per heavy atom. The number of nitrogens with one attached hydrogen (secondary N) is 2. The molecule has 4 heteroatoms. The third-order valence-electron chi connectivity index (χ3n) is 3.29. The summed E-state index contributed by atoms with van der Waals surface area (Å²) in [7, 11) is 0. The summed E-state index contributed by atoms with van der Waals surface area (Å²) in [6, 6.07) is 7.72. The Morgan fingerprint density at radius 2 is 2.22 bits per heavy atom. The second-order valence-corrected chi connectivity index (χ2v) is 4.62. The van der Waals surface area contributed by atoms with Crippen LogP contribution in [0.1, 0.15) is 25.8 Å². The molecule has 1 fully saturated rings. The van der Waals surface area contributed by atoms with Crippen LogP contribution in [-0.4, -0.2) is 25.6 Å². The van der Waals surface area contributed by atoms with Crippen LogP contribution >= 0.6 is 0 Å². The zero-order valence-corrected chi connectivity index (χ0v) is 11.0. The van der Waals surface area contributed by atoms with E-state index in [9.17, 15) is 4.79 Å². The van der Waals surface area contributed by atoms with Crippen molar-refractivity contribution < 1.29 is 9.53 Å². The minimum absolute atomic E-state index is 0.0219. The number of amides is 1. The Hall–Kier alpha value is -1.55. The van der Waals surface area contributed by atoms with E-state index in [0.29, 0.717) is 6.61 Å². The van der Waals surface area contributed by atoms with Crippen molar-refractivity contribution in [3.63, 3.8) is 0 Å². The van der Waals surface area contributed by atoms with E-state index in [2.05, 4.69) is 10.6 Å². The Bertz CT molecular complexity index is 434. The Morgan fingerprint density at radius 1 is 1.39 bits per heavy atom. The molecule has 1 saturated heterocycles. The van der Waals surface area contributed by atoms with Gasteiger partial charge in [0, 0.05) is 6.54 Å². The first kappa shape index (κ1) is 12.9. The molecule has 2 N–H and O–H groups in total. The molecule has 1 aromatic rings. The van der Waals surface area contributed by atoms with Crippen LogP contribution in [0.2, 0.25) is 0 Å². The maximum absolute atomic E-state index is 12.2. The highest BCUT2D eigenvalue weighted by Gasteiger charge is 2.35. The van der Waals surface area contributed by atoms with E-state index < -0.39 is 5.54 Å². The first-order chi connectivity index (χ1) is 8.66. The molecule has 1 unspecified atom stereocenters. The molecule has 1 aromatic carbocycles. The molecule has 2 rings (SSSR count). The maximum Gasteiger partial charge on any atom is 0.244 e. The average molecular weight is 248 g/mol. The second kappa shape index (κ2) is 5.40. The zero-order chi connectivity index (χ0) is 13.0. The number of rotatable bonds is 3. The third kappa shape index (κ3) is 2.48. The van der Waals surface area contributed by atoms with Gasteiger partial charge in [-0.1, -0.05) is 12.1 Å². The van der Waals surface area contributed by atoms with Crippen molar-refractivity contribution in [2.24, 2.45) is 0 Å². The fraction of sp³-hybridized carbons (Fsp3) is 0.500. The zero-order valence-electron chi connectivity index (χ0n) is 11.0. The molecule has 0 bridgehead atoms. The van der Waals surface area contributed by atoms with Gasteiger partial charge >= 0.3 is 0 Å². The lowest BCUT2D eigenvalue weighted by Crippen LogP contribution is -2.49. The van der Waals surface area contributed by atoms with Crippen LogP contribution in [0.15, 0.2) is 24.3 Å². The fourth-order valence-electron chi connectivity index (χ4n) is 2.18. The summed E-state index contributed by atoms with van der Waals surface area (Å²) < 4.78 is 5.49. The van der Waals surface area contributed by atoms with Crippen molar-refractivity contribution in [3.05, 3.63) is 29.8 Å². The summed E-state index contributed by atoms with van der Waals surface area (Å²) in [5.41, 5.74) is 0.261. The molecule has 0 saturated carbocycles. The second-order valence-electron chi connectivity index (χ2n) is 4.62. The Labute approximate surface area is 108 Å². The molecule has 1 aliphatic heterocycles. The van der Waals surface area contributed by atoms with Crippen molar-refractivity contribution >= 4 is 5.91 Å². The molecule has 0 aliphatic carbocycles. The lowest BCUT2D eigenvalue weighted by molar-refractivity contribution is -0.126. The van der Waals surface area contributed by atoms with Crippen LogP contribution in [0.4, 0.5) is 0 Å². The van der Waals surface area contributed by atoms with Crippen LogP contribution < -0.4 is 15.4 Å². The maximum atomic E-state index is 12.2. The van der Waals surface area contributed by atoms with E-state index in [0.717, 1.165) is 30.8 Å². The van der Waals surface area contributed by atoms with Crippen molar-refractivity contribution in [2.45, 2.75) is 25.8 Å². The molecule has 98 valence electrons. The first-order valence-corrected chi connectivity index (χ1v) is 6.43. The van der Waals surface area contributed by atoms with Crippen LogP contribution in [0, 0.1) is 0 Å². The Kier molecular flexibility index (Phi) is 3.87. The summed E-state index contributed by atoms with van der Waals surface area (Å²) in [6.45, 7) is 6.05. The van der Waals surface area contributed by atoms with E-state index in [1.165, 1.54) is 0 Å². The summed E-state index contributed by atoms with van der Waals surface area (Å²) in [5.74, 6) is 0.823. The number of ether oxygens (including phenoxy) is 1. The average Bonchev–Trinajstić information content (AvgIpc) is 2.54. The lowest BCUT2D eigenvalue weighted by atomic mass is 9.91. The van der Waals surface area contributed by atoms with Crippen LogP contribution in [0.3, 0.4) is 0 Å². The normalized spacial score (nSPS) is 24.2. The highest BCUT2D eigenvalue weighted by Crippen LogP contribution is 2.25. The fourth-order valence-corrected chi connectivity index (χ4v) is 2.18. The van der Waals surface area contributed by atoms with Crippen LogP contribution in [-0.2, 0) is 10.3 Å². The Balaban J connectivity index is 2.32. The largest absolute Gasteiger partial charge is 0.494 e. The summed E-state index contributed by atoms with van der Waals surface area (Å²) in [4.78, 5) is 12.2. The minimum Gasteiger partial charge on any atom is -0.494 e. The smallest absolute Gasteiger partial charge is 0.244 e. The van der Waals surface area contributed by atoms with E-state index in [-0.39, 0.29) is 5.91 Å². The number of carbonyl (C=O) groups excluding carboxylic acids is 1. The standard InChI is InChI=1S/C14H20N2O2/c1-3-18-12-7-4-6-11(10-12)14(2)13(17)15-8-5-9-16-14/h4,6-7,10,16H,3,5,8-9H2,1-2H3,(H,15,17). The summed E-state index contributed by atoms with van der Waals surface area (Å²) in [6.07, 6.45) is 0.951. The van der Waals surface area contributed by atoms with Gasteiger partial charge in [0.1, 0.15) is 11.3 Å². The van der Waals surface area contributed by atoms with Crippen LogP contribution in [0.5, 0.6) is 5.75 Å². The van der Waals surface area contributed by atoms with E-state index in [1.807, 2.05) is 38.1 Å². The molecule has 1 atom stereocenters. The summed E-state index contributed by atoms with van der Waals surface area (Å²) in [5, 5.41) is 6.27. The predicted octanol–water partition coefficient (Wildman–Crippen LogP) is 1.41. The van der Waals surface area contributed by atoms with Gasteiger partial charge in [0.25, 0.3) is 0 Å². The molecule has 1 amide bonds. The van der Waals surface area contributed by atoms with Crippen molar-refractivity contribution in [1.29, 1.82) is 0 Å². The van der Waals surface area contributed by atoms with Gasteiger partial charge in [0.05, 0.1) is 6.61 Å². The number of benzene rings is 1. The topological polar surface area (TPSA) is 50.4 Å². The van der Waals surface area contributed by atoms with Gasteiger partial charge in [0.2, 0.25) is 5.91 Å². The SMILES string of the molecule is CCOc1cccc(C2(C)NCCCNC2=O)c1. The van der Waals surface area contributed by atoms with Gasteiger partial charge in [-0.3, -0.25) is 10.1 Å². The number of carbonyl (C=O) groups is 1. The van der Waals surface area contributed by atoms with Gasteiger partial charge in [-0.15, -0.1) is 0 Å². The van der Waals surface area contributed by atoms with Gasteiger partial charge in [-0.25, -0.2) is 0 Å². The monoisotopic (exact) mass is 248 g/mol. The minimum atomic E-state index is -0.677. The van der Waals surface area contributed by atoms with Crippen molar-refractivity contribution in [1.82, 2.24) is 10.6 Å². The van der Waals surface area contributed by atoms with E-state index in [4.69, 9.17) is 4.74 Å². The highest BCUT2D eigenvalue weighted by molar-refractivity contribution is 5.87. The van der Waals surface area contributed by atoms with E-state index in [1.54, 1.807) is 0 Å². The van der Waals surface area contributed by atoms with Crippen molar-refractivity contribution in [2.75, 3.05) is 19.7 Å². The molecule has 0 aromatic heterocycles. The molecule has 1 aliphatic rings. The number of hydrogen-bond acceptors (Lipinski definition) is 3. The third-order valence-corrected chi connectivity index (χ3v) is 3.29. The van der Waals surface area contributed by atoms with E-state index >= 15 is 0 Å². The highest BCUT2D eigenvalue weighted by atomic mass is 16.5. The molecule has 18 heavy (non-hydrogen) atoms. The number of hydrogen-bond donors (Lipinski definition) is 2. The van der Waals surface area contributed by atoms with Crippen molar-refractivity contribution in [3.8, 4) is 5.75 Å². The first-order valence-electron chi connectivity index (χ1n) is 6.43.